The van der Waals surface area contributed by atoms with Crippen LogP contribution in [0.5, 0.6) is 0 Å². The number of aromatic nitrogens is 1. The second-order valence-corrected chi connectivity index (χ2v) is 3.67. The summed E-state index contributed by atoms with van der Waals surface area (Å²) in [6.07, 6.45) is 3.23. The van der Waals surface area contributed by atoms with Crippen molar-refractivity contribution in [3.05, 3.63) is 29.4 Å². The van der Waals surface area contributed by atoms with Gasteiger partial charge >= 0.3 is 0 Å². The smallest absolute Gasteiger partial charge is 0.259 e. The Labute approximate surface area is 72.0 Å². The van der Waals surface area contributed by atoms with Gasteiger partial charge in [0.2, 0.25) is 5.54 Å². The first-order chi connectivity index (χ1) is 5.52. The first-order valence-electron chi connectivity index (χ1n) is 3.89. The molecule has 1 rings (SSSR count). The van der Waals surface area contributed by atoms with E-state index in [0.29, 0.717) is 5.69 Å². The van der Waals surface area contributed by atoms with E-state index in [1.54, 1.807) is 24.5 Å². The molecule has 1 heterocycles. The number of pyridine rings is 1. The van der Waals surface area contributed by atoms with Crippen LogP contribution in [0.1, 0.15) is 20.8 Å². The summed E-state index contributed by atoms with van der Waals surface area (Å²) in [7, 11) is 0. The zero-order chi connectivity index (χ0) is 9.19. The van der Waals surface area contributed by atoms with E-state index in [-0.39, 0.29) is 5.54 Å². The lowest BCUT2D eigenvalue weighted by atomic mass is 10.1. The van der Waals surface area contributed by atoms with E-state index in [0.717, 1.165) is 4.76 Å². The molecule has 0 saturated heterocycles. The van der Waals surface area contributed by atoms with Crippen molar-refractivity contribution < 1.29 is 4.76 Å². The topological polar surface area (TPSA) is 33.0 Å². The van der Waals surface area contributed by atoms with Crippen LogP contribution in [0.15, 0.2) is 24.5 Å². The third-order valence-corrected chi connectivity index (χ3v) is 1.51. The van der Waals surface area contributed by atoms with Gasteiger partial charge in [-0.15, -0.1) is 0 Å². The lowest BCUT2D eigenvalue weighted by molar-refractivity contribution is -0.540. The SMILES string of the molecule is CC(C)(C)[N+](=O)c1ccncc1. The Kier molecular flexibility index (Phi) is 2.22. The summed E-state index contributed by atoms with van der Waals surface area (Å²) >= 11 is 0. The standard InChI is InChI=1S/C9H13N2O/c1-9(2,3)11(12)8-4-6-10-7-5-8/h4-7H,1-3H3/q+1. The van der Waals surface area contributed by atoms with Gasteiger partial charge < -0.3 is 0 Å². The van der Waals surface area contributed by atoms with E-state index in [4.69, 9.17) is 0 Å². The van der Waals surface area contributed by atoms with Crippen molar-refractivity contribution in [1.29, 1.82) is 0 Å². The highest BCUT2D eigenvalue weighted by Crippen LogP contribution is 2.18. The molecule has 0 fully saturated rings. The summed E-state index contributed by atoms with van der Waals surface area (Å²) in [5.74, 6) is 0. The van der Waals surface area contributed by atoms with Gasteiger partial charge in [0.15, 0.2) is 0 Å². The van der Waals surface area contributed by atoms with Crippen molar-refractivity contribution in [1.82, 2.24) is 4.98 Å². The van der Waals surface area contributed by atoms with E-state index in [9.17, 15) is 4.91 Å². The molecular formula is C9H13N2O+. The summed E-state index contributed by atoms with van der Waals surface area (Å²) in [4.78, 5) is 15.4. The lowest BCUT2D eigenvalue weighted by Crippen LogP contribution is -2.26. The van der Waals surface area contributed by atoms with Gasteiger partial charge in [0, 0.05) is 55.0 Å². The summed E-state index contributed by atoms with van der Waals surface area (Å²) < 4.78 is 0.981. The van der Waals surface area contributed by atoms with E-state index >= 15 is 0 Å². The van der Waals surface area contributed by atoms with Gasteiger partial charge in [0.05, 0.1) is 0 Å². The molecule has 1 aromatic rings. The molecule has 0 radical (unpaired) electrons. The van der Waals surface area contributed by atoms with Crippen LogP contribution in [0.25, 0.3) is 0 Å². The molecule has 0 spiro atoms. The molecule has 0 aromatic carbocycles. The van der Waals surface area contributed by atoms with Crippen LogP contribution in [0.3, 0.4) is 0 Å². The normalized spacial score (nSPS) is 11.2. The second kappa shape index (κ2) is 3.01. The van der Waals surface area contributed by atoms with Crippen LogP contribution in [0.4, 0.5) is 5.69 Å². The van der Waals surface area contributed by atoms with Crippen molar-refractivity contribution in [2.24, 2.45) is 0 Å². The maximum atomic E-state index is 11.6. The number of rotatable bonds is 1. The summed E-state index contributed by atoms with van der Waals surface area (Å²) in [6, 6.07) is 3.41. The highest BCUT2D eigenvalue weighted by atomic mass is 16.3. The molecule has 12 heavy (non-hydrogen) atoms. The van der Waals surface area contributed by atoms with Crippen LogP contribution < -0.4 is 0 Å². The fourth-order valence-corrected chi connectivity index (χ4v) is 0.867. The zero-order valence-electron chi connectivity index (χ0n) is 7.61. The van der Waals surface area contributed by atoms with Gasteiger partial charge in [-0.3, -0.25) is 4.98 Å². The molecule has 0 aliphatic heterocycles. The fraction of sp³-hybridized carbons (Fsp3) is 0.444. The van der Waals surface area contributed by atoms with Gasteiger partial charge in [0.25, 0.3) is 5.69 Å². The lowest BCUT2D eigenvalue weighted by Gasteiger charge is -2.07. The summed E-state index contributed by atoms with van der Waals surface area (Å²) in [6.45, 7) is 5.63. The highest BCUT2D eigenvalue weighted by molar-refractivity contribution is 5.25. The van der Waals surface area contributed by atoms with E-state index in [1.807, 2.05) is 20.8 Å². The molecule has 1 aromatic heterocycles. The maximum absolute atomic E-state index is 11.6. The summed E-state index contributed by atoms with van der Waals surface area (Å²) in [5.41, 5.74) is 0.263. The minimum absolute atomic E-state index is 0.388. The Bertz CT molecular complexity index is 274. The Morgan fingerprint density at radius 2 is 1.75 bits per heavy atom. The average Bonchev–Trinajstić information content (AvgIpc) is 2.03. The Balaban J connectivity index is 2.94. The van der Waals surface area contributed by atoms with Crippen molar-refractivity contribution >= 4 is 5.69 Å². The highest BCUT2D eigenvalue weighted by Gasteiger charge is 2.30. The van der Waals surface area contributed by atoms with Gasteiger partial charge in [-0.05, 0) is 0 Å². The monoisotopic (exact) mass is 165 g/mol. The quantitative estimate of drug-likeness (QED) is 0.598. The molecule has 0 bridgehead atoms. The van der Waals surface area contributed by atoms with Gasteiger partial charge in [-0.1, -0.05) is 0 Å². The predicted molar refractivity (Wildman–Crippen MR) is 47.3 cm³/mol. The molecule has 0 saturated carbocycles. The molecule has 3 nitrogen and oxygen atoms in total. The first kappa shape index (κ1) is 8.84. The van der Waals surface area contributed by atoms with Crippen LogP contribution in [-0.2, 0) is 0 Å². The van der Waals surface area contributed by atoms with Crippen LogP contribution in [0.2, 0.25) is 0 Å². The third kappa shape index (κ3) is 1.87. The fourth-order valence-electron chi connectivity index (χ4n) is 0.867. The van der Waals surface area contributed by atoms with Gasteiger partial charge in [0.1, 0.15) is 0 Å². The Morgan fingerprint density at radius 3 is 2.17 bits per heavy atom. The third-order valence-electron chi connectivity index (χ3n) is 1.51. The van der Waals surface area contributed by atoms with Crippen molar-refractivity contribution in [3.63, 3.8) is 0 Å². The molecule has 3 heteroatoms. The minimum atomic E-state index is -0.388. The maximum Gasteiger partial charge on any atom is 0.259 e. The Hall–Kier alpha value is -1.25. The molecular weight excluding hydrogens is 152 g/mol. The molecule has 0 unspecified atom stereocenters. The average molecular weight is 165 g/mol. The second-order valence-electron chi connectivity index (χ2n) is 3.67. The number of hydrogen-bond acceptors (Lipinski definition) is 2. The van der Waals surface area contributed by atoms with Crippen molar-refractivity contribution in [3.8, 4) is 0 Å². The first-order valence-corrected chi connectivity index (χ1v) is 3.89. The van der Waals surface area contributed by atoms with Gasteiger partial charge in [-0.2, -0.15) is 0 Å². The minimum Gasteiger partial charge on any atom is -0.264 e. The number of nitrogens with zero attached hydrogens (tertiary/aromatic N) is 2. The van der Waals surface area contributed by atoms with Crippen molar-refractivity contribution in [2.45, 2.75) is 26.3 Å². The molecule has 0 N–H and O–H groups in total. The van der Waals surface area contributed by atoms with E-state index in [1.165, 1.54) is 0 Å². The van der Waals surface area contributed by atoms with Gasteiger partial charge in [-0.25, -0.2) is 0 Å². The zero-order valence-corrected chi connectivity index (χ0v) is 7.61. The molecule has 0 amide bonds. The van der Waals surface area contributed by atoms with Crippen LogP contribution in [-0.4, -0.2) is 15.3 Å². The molecule has 0 aliphatic carbocycles. The van der Waals surface area contributed by atoms with Crippen molar-refractivity contribution in [2.75, 3.05) is 0 Å². The number of nitroso groups, excluding NO2 is 1. The largest absolute Gasteiger partial charge is 0.264 e. The molecule has 64 valence electrons. The summed E-state index contributed by atoms with van der Waals surface area (Å²) in [5, 5.41) is 0. The van der Waals surface area contributed by atoms with Crippen LogP contribution >= 0.6 is 0 Å². The van der Waals surface area contributed by atoms with Crippen LogP contribution in [0, 0.1) is 4.91 Å². The molecule has 0 atom stereocenters. The van der Waals surface area contributed by atoms with E-state index in [2.05, 4.69) is 4.98 Å². The predicted octanol–water partition coefficient (Wildman–Crippen LogP) is 2.29. The molecule has 0 aliphatic rings. The number of hydrogen-bond donors (Lipinski definition) is 0. The van der Waals surface area contributed by atoms with E-state index < -0.39 is 0 Å². The Morgan fingerprint density at radius 1 is 1.25 bits per heavy atom.